The highest BCUT2D eigenvalue weighted by atomic mass is 19.4. The number of urea groups is 1. The smallest absolute Gasteiger partial charge is 0.423 e. The molecule has 11 heteroatoms. The van der Waals surface area contributed by atoms with E-state index in [1.165, 1.54) is 24.1 Å². The molecule has 0 aromatic carbocycles. The number of likely N-dealkylation sites (tertiary alicyclic amines) is 1. The van der Waals surface area contributed by atoms with E-state index in [2.05, 4.69) is 20.5 Å². The number of nitrogens with one attached hydrogen (secondary N) is 1. The van der Waals surface area contributed by atoms with Gasteiger partial charge in [0.2, 0.25) is 11.8 Å². The van der Waals surface area contributed by atoms with Crippen molar-refractivity contribution in [2.75, 3.05) is 19.0 Å². The molecule has 2 aromatic heterocycles. The number of carbonyl (C=O) groups excluding carboxylic acids is 1. The lowest BCUT2D eigenvalue weighted by Gasteiger charge is -2.22. The van der Waals surface area contributed by atoms with Crippen LogP contribution in [0.3, 0.4) is 0 Å². The van der Waals surface area contributed by atoms with Crippen molar-refractivity contribution in [2.24, 2.45) is 0 Å². The standard InChI is InChI=1S/C15H16F3N5O3/c1-8-21-22-13(26-8)10-6-9(25-2)7-23(10)14(24)20-12-5-3-4-11(19-12)15(16,17)18/h3-5,9-10H,6-7H2,1-2H3,(H,19,20,24)/t9-,10+/m0/s1. The number of rotatable bonds is 3. The van der Waals surface area contributed by atoms with Crippen molar-refractivity contribution in [3.05, 3.63) is 35.7 Å². The van der Waals surface area contributed by atoms with Crippen LogP contribution >= 0.6 is 0 Å². The zero-order valence-corrected chi connectivity index (χ0v) is 13.9. The average Bonchev–Trinajstić information content (AvgIpc) is 3.20. The van der Waals surface area contributed by atoms with Gasteiger partial charge in [0.05, 0.1) is 6.10 Å². The minimum absolute atomic E-state index is 0.203. The highest BCUT2D eigenvalue weighted by molar-refractivity contribution is 5.88. The van der Waals surface area contributed by atoms with Crippen LogP contribution in [0.4, 0.5) is 23.8 Å². The second kappa shape index (κ2) is 6.90. The maximum atomic E-state index is 12.8. The molecular formula is C15H16F3N5O3. The fourth-order valence-corrected chi connectivity index (χ4v) is 2.72. The number of ether oxygens (including phenoxy) is 1. The molecule has 1 saturated heterocycles. The summed E-state index contributed by atoms with van der Waals surface area (Å²) in [6.45, 7) is 1.85. The average molecular weight is 371 g/mol. The van der Waals surface area contributed by atoms with Crippen molar-refractivity contribution in [2.45, 2.75) is 31.7 Å². The van der Waals surface area contributed by atoms with Gasteiger partial charge in [-0.25, -0.2) is 9.78 Å². The molecule has 26 heavy (non-hydrogen) atoms. The van der Waals surface area contributed by atoms with Gasteiger partial charge < -0.3 is 14.1 Å². The van der Waals surface area contributed by atoms with Crippen LogP contribution in [0.5, 0.6) is 0 Å². The Balaban J connectivity index is 1.79. The molecule has 3 rings (SSSR count). The molecule has 1 N–H and O–H groups in total. The van der Waals surface area contributed by atoms with Crippen LogP contribution in [-0.4, -0.2) is 45.9 Å². The molecule has 0 aliphatic carbocycles. The van der Waals surface area contributed by atoms with Crippen LogP contribution in [0, 0.1) is 6.92 Å². The summed E-state index contributed by atoms with van der Waals surface area (Å²) in [5.74, 6) is 0.390. The molecule has 2 amide bonds. The number of anilines is 1. The lowest BCUT2D eigenvalue weighted by Crippen LogP contribution is -2.36. The molecule has 0 saturated carbocycles. The molecule has 0 bridgehead atoms. The summed E-state index contributed by atoms with van der Waals surface area (Å²) in [5.41, 5.74) is -1.09. The number of nitrogens with zero attached hydrogens (tertiary/aromatic N) is 4. The summed E-state index contributed by atoms with van der Waals surface area (Å²) in [4.78, 5) is 17.4. The van der Waals surface area contributed by atoms with Crippen molar-refractivity contribution in [3.8, 4) is 0 Å². The maximum Gasteiger partial charge on any atom is 0.433 e. The Hall–Kier alpha value is -2.69. The van der Waals surface area contributed by atoms with Crippen LogP contribution in [0.25, 0.3) is 0 Å². The summed E-state index contributed by atoms with van der Waals surface area (Å²) in [5, 5.41) is 10.0. The number of carbonyl (C=O) groups is 1. The lowest BCUT2D eigenvalue weighted by molar-refractivity contribution is -0.141. The summed E-state index contributed by atoms with van der Waals surface area (Å²) in [7, 11) is 1.51. The number of alkyl halides is 3. The predicted octanol–water partition coefficient (Wildman–Crippen LogP) is 2.79. The van der Waals surface area contributed by atoms with E-state index in [-0.39, 0.29) is 24.4 Å². The number of aryl methyl sites for hydroxylation is 1. The summed E-state index contributed by atoms with van der Waals surface area (Å²) < 4.78 is 49.0. The quantitative estimate of drug-likeness (QED) is 0.892. The van der Waals surface area contributed by atoms with E-state index in [0.717, 1.165) is 6.07 Å². The second-order valence-corrected chi connectivity index (χ2v) is 5.76. The molecule has 1 aliphatic rings. The van der Waals surface area contributed by atoms with E-state index >= 15 is 0 Å². The normalized spacial score (nSPS) is 20.4. The molecule has 1 fully saturated rings. The van der Waals surface area contributed by atoms with E-state index in [9.17, 15) is 18.0 Å². The van der Waals surface area contributed by atoms with Gasteiger partial charge >= 0.3 is 12.2 Å². The SMILES string of the molecule is CO[C@H]1C[C@H](c2nnc(C)o2)N(C(=O)Nc2cccc(C(F)(F)F)n2)C1. The zero-order chi connectivity index (χ0) is 18.9. The molecule has 8 nitrogen and oxygen atoms in total. The third-order valence-corrected chi connectivity index (χ3v) is 3.96. The lowest BCUT2D eigenvalue weighted by atomic mass is 10.2. The predicted molar refractivity (Wildman–Crippen MR) is 82.2 cm³/mol. The van der Waals surface area contributed by atoms with E-state index < -0.39 is 23.9 Å². The first-order valence-corrected chi connectivity index (χ1v) is 7.72. The number of aromatic nitrogens is 3. The summed E-state index contributed by atoms with van der Waals surface area (Å²) >= 11 is 0. The van der Waals surface area contributed by atoms with Gasteiger partial charge in [0, 0.05) is 27.0 Å². The first-order valence-electron chi connectivity index (χ1n) is 7.72. The largest absolute Gasteiger partial charge is 0.433 e. The van der Waals surface area contributed by atoms with Gasteiger partial charge in [0.1, 0.15) is 17.6 Å². The van der Waals surface area contributed by atoms with Gasteiger partial charge in [-0.2, -0.15) is 13.2 Å². The van der Waals surface area contributed by atoms with Crippen molar-refractivity contribution in [3.63, 3.8) is 0 Å². The molecule has 0 radical (unpaired) electrons. The van der Waals surface area contributed by atoms with Crippen molar-refractivity contribution in [1.82, 2.24) is 20.1 Å². The fraction of sp³-hybridized carbons (Fsp3) is 0.467. The Kier molecular flexibility index (Phi) is 4.81. The topological polar surface area (TPSA) is 93.4 Å². The maximum absolute atomic E-state index is 12.8. The monoisotopic (exact) mass is 371 g/mol. The number of methoxy groups -OCH3 is 1. The number of halogens is 3. The van der Waals surface area contributed by atoms with Crippen LogP contribution in [-0.2, 0) is 10.9 Å². The summed E-state index contributed by atoms with van der Waals surface area (Å²) in [6.07, 6.45) is -4.42. The number of pyridine rings is 1. The Morgan fingerprint density at radius 2 is 2.15 bits per heavy atom. The van der Waals surface area contributed by atoms with Crippen LogP contribution in [0.2, 0.25) is 0 Å². The van der Waals surface area contributed by atoms with E-state index in [1.807, 2.05) is 0 Å². The fourth-order valence-electron chi connectivity index (χ4n) is 2.72. The van der Waals surface area contributed by atoms with E-state index in [4.69, 9.17) is 9.15 Å². The Morgan fingerprint density at radius 3 is 2.77 bits per heavy atom. The highest BCUT2D eigenvalue weighted by Gasteiger charge is 2.40. The van der Waals surface area contributed by atoms with Gasteiger partial charge in [-0.15, -0.1) is 10.2 Å². The Bertz CT molecular complexity index is 795. The van der Waals surface area contributed by atoms with Gasteiger partial charge in [0.25, 0.3) is 0 Å². The first-order chi connectivity index (χ1) is 12.3. The third-order valence-electron chi connectivity index (χ3n) is 3.96. The molecule has 140 valence electrons. The zero-order valence-electron chi connectivity index (χ0n) is 13.9. The van der Waals surface area contributed by atoms with E-state index in [1.54, 1.807) is 6.92 Å². The number of amides is 2. The van der Waals surface area contributed by atoms with Gasteiger partial charge in [-0.1, -0.05) is 6.07 Å². The minimum Gasteiger partial charge on any atom is -0.423 e. The summed E-state index contributed by atoms with van der Waals surface area (Å²) in [6, 6.07) is 2.12. The minimum atomic E-state index is -4.60. The molecule has 1 aliphatic heterocycles. The molecule has 0 spiro atoms. The van der Waals surface area contributed by atoms with Crippen LogP contribution in [0.15, 0.2) is 22.6 Å². The van der Waals surface area contributed by atoms with Crippen molar-refractivity contribution < 1.29 is 27.1 Å². The number of hydrogen-bond donors (Lipinski definition) is 1. The first kappa shape index (κ1) is 18.1. The molecule has 2 aromatic rings. The Morgan fingerprint density at radius 1 is 1.38 bits per heavy atom. The molecule has 2 atom stereocenters. The van der Waals surface area contributed by atoms with Gasteiger partial charge in [0.15, 0.2) is 0 Å². The third kappa shape index (κ3) is 3.77. The molecular weight excluding hydrogens is 355 g/mol. The molecule has 0 unspecified atom stereocenters. The van der Waals surface area contributed by atoms with Crippen molar-refractivity contribution in [1.29, 1.82) is 0 Å². The highest BCUT2D eigenvalue weighted by Crippen LogP contribution is 2.33. The van der Waals surface area contributed by atoms with Crippen molar-refractivity contribution >= 4 is 11.8 Å². The van der Waals surface area contributed by atoms with E-state index in [0.29, 0.717) is 12.3 Å². The van der Waals surface area contributed by atoms with Gasteiger partial charge in [-0.05, 0) is 12.1 Å². The Labute approximate surface area is 146 Å². The van der Waals surface area contributed by atoms with Crippen LogP contribution < -0.4 is 5.32 Å². The molecule has 3 heterocycles. The number of hydrogen-bond acceptors (Lipinski definition) is 6. The second-order valence-electron chi connectivity index (χ2n) is 5.76. The van der Waals surface area contributed by atoms with Crippen LogP contribution in [0.1, 0.15) is 29.9 Å². The van der Waals surface area contributed by atoms with Gasteiger partial charge in [-0.3, -0.25) is 5.32 Å².